The lowest BCUT2D eigenvalue weighted by Gasteiger charge is -2.23. The molecule has 3 N–H and O–H groups in total. The van der Waals surface area contributed by atoms with E-state index < -0.39 is 0 Å². The van der Waals surface area contributed by atoms with Crippen molar-refractivity contribution in [3.05, 3.63) is 23.8 Å². The Kier molecular flexibility index (Phi) is 6.79. The van der Waals surface area contributed by atoms with Crippen molar-refractivity contribution in [1.82, 2.24) is 0 Å². The minimum atomic E-state index is 0.658. The number of morpholine rings is 1. The van der Waals surface area contributed by atoms with Crippen molar-refractivity contribution < 1.29 is 24.4 Å². The molecule has 0 saturated carbocycles. The van der Waals surface area contributed by atoms with Crippen LogP contribution in [0.4, 0.5) is 0 Å². The summed E-state index contributed by atoms with van der Waals surface area (Å²) >= 11 is 0. The number of benzene rings is 1. The number of nitrogens with one attached hydrogen (secondary N) is 1. The topological polar surface area (TPSA) is 48.7 Å². The fraction of sp³-hybridized carbons (Fsp3) is 0.625. The molecule has 1 fully saturated rings. The summed E-state index contributed by atoms with van der Waals surface area (Å²) in [4.78, 5) is 1.65. The molecule has 1 saturated heterocycles. The van der Waals surface area contributed by atoms with Gasteiger partial charge < -0.3 is 24.4 Å². The molecule has 118 valence electrons. The van der Waals surface area contributed by atoms with E-state index in [0.717, 1.165) is 50.9 Å². The van der Waals surface area contributed by atoms with E-state index >= 15 is 0 Å². The highest BCUT2D eigenvalue weighted by molar-refractivity contribution is 5.46. The molecule has 0 amide bonds. The van der Waals surface area contributed by atoms with Gasteiger partial charge in [-0.1, -0.05) is 6.07 Å². The van der Waals surface area contributed by atoms with Gasteiger partial charge in [0.15, 0.2) is 11.5 Å². The molecule has 1 heterocycles. The van der Waals surface area contributed by atoms with E-state index in [1.54, 1.807) is 12.0 Å². The van der Waals surface area contributed by atoms with Crippen LogP contribution in [0.5, 0.6) is 11.5 Å². The molecule has 1 aliphatic rings. The quantitative estimate of drug-likeness (QED) is 0.610. The molecule has 0 unspecified atom stereocenters. The van der Waals surface area contributed by atoms with Gasteiger partial charge in [0.05, 0.1) is 32.5 Å². The van der Waals surface area contributed by atoms with Gasteiger partial charge in [0.2, 0.25) is 0 Å². The first-order chi connectivity index (χ1) is 10.3. The maximum Gasteiger partial charge on any atom is 0.169 e. The number of nitrogens with two attached hydrogens (primary N) is 1. The minimum Gasteiger partial charge on any atom is -0.493 e. The van der Waals surface area contributed by atoms with Crippen LogP contribution in [0.25, 0.3) is 0 Å². The smallest absolute Gasteiger partial charge is 0.169 e. The first kappa shape index (κ1) is 16.1. The van der Waals surface area contributed by atoms with Crippen LogP contribution in [-0.2, 0) is 11.3 Å². The largest absolute Gasteiger partial charge is 0.493 e. The molecular weight excluding hydrogens is 268 g/mol. The number of ether oxygens (including phenoxy) is 3. The van der Waals surface area contributed by atoms with Crippen LogP contribution in [-0.4, -0.2) is 53.1 Å². The standard InChI is InChI=1S/C16H26N2O3/c1-3-21-16-14(5-4-6-15(16)19-2)13-17-7-8-18-9-11-20-12-10-18/h4-6,17H,3,7-13H2,1-2H3/p+2. The zero-order valence-electron chi connectivity index (χ0n) is 13.2. The Hall–Kier alpha value is -1.30. The van der Waals surface area contributed by atoms with Gasteiger partial charge in [0, 0.05) is 0 Å². The molecule has 1 aliphatic heterocycles. The van der Waals surface area contributed by atoms with Gasteiger partial charge in [-0.3, -0.25) is 0 Å². The average molecular weight is 296 g/mol. The van der Waals surface area contributed by atoms with Crippen molar-refractivity contribution in [2.24, 2.45) is 0 Å². The van der Waals surface area contributed by atoms with Crippen LogP contribution in [0.1, 0.15) is 12.5 Å². The zero-order valence-corrected chi connectivity index (χ0v) is 13.2. The molecule has 0 spiro atoms. The number of hydrogen-bond acceptors (Lipinski definition) is 3. The Morgan fingerprint density at radius 1 is 1.29 bits per heavy atom. The average Bonchev–Trinajstić information content (AvgIpc) is 2.54. The second-order valence-corrected chi connectivity index (χ2v) is 5.28. The van der Waals surface area contributed by atoms with Crippen molar-refractivity contribution in [3.63, 3.8) is 0 Å². The fourth-order valence-corrected chi connectivity index (χ4v) is 2.66. The van der Waals surface area contributed by atoms with Crippen LogP contribution in [0.15, 0.2) is 18.2 Å². The van der Waals surface area contributed by atoms with Gasteiger partial charge in [-0.15, -0.1) is 0 Å². The summed E-state index contributed by atoms with van der Waals surface area (Å²) < 4.78 is 16.5. The van der Waals surface area contributed by atoms with Crippen molar-refractivity contribution in [3.8, 4) is 11.5 Å². The number of para-hydroxylation sites is 1. The van der Waals surface area contributed by atoms with Gasteiger partial charge in [0.25, 0.3) is 0 Å². The Bertz CT molecular complexity index is 420. The number of methoxy groups -OCH3 is 1. The van der Waals surface area contributed by atoms with E-state index in [-0.39, 0.29) is 0 Å². The number of hydrogen-bond donors (Lipinski definition) is 2. The monoisotopic (exact) mass is 296 g/mol. The number of quaternary nitrogens is 2. The zero-order chi connectivity index (χ0) is 14.9. The van der Waals surface area contributed by atoms with Gasteiger partial charge >= 0.3 is 0 Å². The van der Waals surface area contributed by atoms with E-state index in [4.69, 9.17) is 14.2 Å². The lowest BCUT2D eigenvalue weighted by atomic mass is 10.2. The molecule has 0 aliphatic carbocycles. The van der Waals surface area contributed by atoms with Crippen LogP contribution >= 0.6 is 0 Å². The highest BCUT2D eigenvalue weighted by Crippen LogP contribution is 2.30. The summed E-state index contributed by atoms with van der Waals surface area (Å²) in [6.07, 6.45) is 0. The molecular formula is C16H28N2O3+2. The summed E-state index contributed by atoms with van der Waals surface area (Å²) in [6, 6.07) is 6.09. The van der Waals surface area contributed by atoms with Gasteiger partial charge in [-0.25, -0.2) is 0 Å². The van der Waals surface area contributed by atoms with E-state index in [0.29, 0.717) is 6.61 Å². The van der Waals surface area contributed by atoms with Crippen LogP contribution < -0.4 is 19.7 Å². The minimum absolute atomic E-state index is 0.658. The van der Waals surface area contributed by atoms with Crippen molar-refractivity contribution >= 4 is 0 Å². The summed E-state index contributed by atoms with van der Waals surface area (Å²) in [5.41, 5.74) is 1.20. The maximum atomic E-state index is 5.74. The van der Waals surface area contributed by atoms with Gasteiger partial charge in [-0.05, 0) is 19.1 Å². The second-order valence-electron chi connectivity index (χ2n) is 5.28. The molecule has 0 aromatic heterocycles. The summed E-state index contributed by atoms with van der Waals surface area (Å²) in [6.45, 7) is 9.98. The summed E-state index contributed by atoms with van der Waals surface area (Å²) in [7, 11) is 1.69. The first-order valence-corrected chi connectivity index (χ1v) is 7.86. The Labute approximate surface area is 127 Å². The predicted octanol–water partition coefficient (Wildman–Crippen LogP) is -0.928. The first-order valence-electron chi connectivity index (χ1n) is 7.86. The van der Waals surface area contributed by atoms with Gasteiger partial charge in [-0.2, -0.15) is 0 Å². The number of rotatable bonds is 8. The van der Waals surface area contributed by atoms with E-state index in [1.165, 1.54) is 12.1 Å². The van der Waals surface area contributed by atoms with Crippen LogP contribution in [0.3, 0.4) is 0 Å². The summed E-state index contributed by atoms with van der Waals surface area (Å²) in [5.74, 6) is 1.71. The molecule has 0 bridgehead atoms. The lowest BCUT2D eigenvalue weighted by molar-refractivity contribution is -0.920. The third-order valence-corrected chi connectivity index (χ3v) is 3.84. The van der Waals surface area contributed by atoms with Crippen LogP contribution in [0, 0.1) is 0 Å². The van der Waals surface area contributed by atoms with Crippen molar-refractivity contribution in [2.45, 2.75) is 13.5 Å². The molecule has 21 heavy (non-hydrogen) atoms. The fourth-order valence-electron chi connectivity index (χ4n) is 2.66. The molecule has 2 rings (SSSR count). The Morgan fingerprint density at radius 2 is 2.10 bits per heavy atom. The normalized spacial score (nSPS) is 15.9. The Morgan fingerprint density at radius 3 is 2.81 bits per heavy atom. The maximum absolute atomic E-state index is 5.74. The molecule has 1 aromatic rings. The van der Waals surface area contributed by atoms with E-state index in [1.807, 2.05) is 19.1 Å². The summed E-state index contributed by atoms with van der Waals surface area (Å²) in [5, 5.41) is 2.35. The van der Waals surface area contributed by atoms with Crippen molar-refractivity contribution in [1.29, 1.82) is 0 Å². The SMILES string of the molecule is CCOc1c(C[NH2+]CC[NH+]2CCOCC2)cccc1OC. The highest BCUT2D eigenvalue weighted by atomic mass is 16.5. The van der Waals surface area contributed by atoms with E-state index in [2.05, 4.69) is 11.4 Å². The predicted molar refractivity (Wildman–Crippen MR) is 81.0 cm³/mol. The highest BCUT2D eigenvalue weighted by Gasteiger charge is 2.15. The molecule has 0 atom stereocenters. The Balaban J connectivity index is 1.81. The second kappa shape index (κ2) is 8.87. The van der Waals surface area contributed by atoms with Gasteiger partial charge in [0.1, 0.15) is 32.7 Å². The molecule has 5 heteroatoms. The van der Waals surface area contributed by atoms with E-state index in [9.17, 15) is 0 Å². The molecule has 1 aromatic carbocycles. The lowest BCUT2D eigenvalue weighted by Crippen LogP contribution is -3.16. The van der Waals surface area contributed by atoms with Crippen molar-refractivity contribution in [2.75, 3.05) is 53.1 Å². The molecule has 0 radical (unpaired) electrons. The van der Waals surface area contributed by atoms with Crippen LogP contribution in [0.2, 0.25) is 0 Å². The molecule has 5 nitrogen and oxygen atoms in total. The third kappa shape index (κ3) is 4.88. The third-order valence-electron chi connectivity index (χ3n) is 3.84.